The Hall–Kier alpha value is -1.37. The molecule has 2 aliphatic heterocycles. The summed E-state index contributed by atoms with van der Waals surface area (Å²) >= 11 is 0. The Labute approximate surface area is 167 Å². The summed E-state index contributed by atoms with van der Waals surface area (Å²) in [5, 5.41) is 6.52. The van der Waals surface area contributed by atoms with E-state index in [-0.39, 0.29) is 42.7 Å². The molecule has 0 saturated carbocycles. The van der Waals surface area contributed by atoms with Gasteiger partial charge in [0.15, 0.2) is 0 Å². The van der Waals surface area contributed by atoms with Crippen LogP contribution in [0.2, 0.25) is 0 Å². The van der Waals surface area contributed by atoms with Crippen molar-refractivity contribution in [3.8, 4) is 11.5 Å². The van der Waals surface area contributed by atoms with Gasteiger partial charge in [-0.05, 0) is 25.8 Å². The molecule has 0 spiro atoms. The Morgan fingerprint density at radius 3 is 2.42 bits per heavy atom. The van der Waals surface area contributed by atoms with Gasteiger partial charge in [-0.15, -0.1) is 24.8 Å². The SMILES string of the molecule is COc1cc(OC)cc(N2CCC(NC(=O)C3CCCNC3)C2)c1.Cl.Cl. The molecule has 1 aromatic carbocycles. The first kappa shape index (κ1) is 22.7. The van der Waals surface area contributed by atoms with Crippen molar-refractivity contribution in [1.82, 2.24) is 10.6 Å². The molecule has 0 bridgehead atoms. The predicted molar refractivity (Wildman–Crippen MR) is 108 cm³/mol. The van der Waals surface area contributed by atoms with Crippen LogP contribution in [0, 0.1) is 5.92 Å². The largest absolute Gasteiger partial charge is 0.497 e. The highest BCUT2D eigenvalue weighted by Crippen LogP contribution is 2.30. The molecule has 3 rings (SSSR count). The number of hydrogen-bond acceptors (Lipinski definition) is 5. The number of methoxy groups -OCH3 is 2. The van der Waals surface area contributed by atoms with Crippen molar-refractivity contribution in [1.29, 1.82) is 0 Å². The molecule has 0 aliphatic carbocycles. The summed E-state index contributed by atoms with van der Waals surface area (Å²) in [5.74, 6) is 1.87. The van der Waals surface area contributed by atoms with E-state index in [1.807, 2.05) is 18.2 Å². The van der Waals surface area contributed by atoms with Gasteiger partial charge in [-0.3, -0.25) is 4.79 Å². The number of piperidine rings is 1. The Bertz CT molecular complexity index is 561. The lowest BCUT2D eigenvalue weighted by atomic mass is 9.98. The number of nitrogens with one attached hydrogen (secondary N) is 2. The molecular weight excluding hydrogens is 377 g/mol. The number of ether oxygens (including phenoxy) is 2. The molecule has 0 aromatic heterocycles. The van der Waals surface area contributed by atoms with Crippen molar-refractivity contribution in [2.75, 3.05) is 45.3 Å². The molecule has 6 nitrogen and oxygen atoms in total. The van der Waals surface area contributed by atoms with E-state index in [9.17, 15) is 4.79 Å². The Balaban J connectivity index is 0.00000169. The molecule has 2 saturated heterocycles. The fourth-order valence-electron chi connectivity index (χ4n) is 3.48. The average molecular weight is 406 g/mol. The lowest BCUT2D eigenvalue weighted by molar-refractivity contribution is -0.126. The third-order valence-corrected chi connectivity index (χ3v) is 4.90. The molecule has 8 heteroatoms. The van der Waals surface area contributed by atoms with Crippen LogP contribution in [0.5, 0.6) is 11.5 Å². The number of carbonyl (C=O) groups is 1. The van der Waals surface area contributed by atoms with Gasteiger partial charge in [0.1, 0.15) is 11.5 Å². The summed E-state index contributed by atoms with van der Waals surface area (Å²) in [6.45, 7) is 3.57. The Morgan fingerprint density at radius 1 is 1.15 bits per heavy atom. The summed E-state index contributed by atoms with van der Waals surface area (Å²) in [6, 6.07) is 6.10. The molecule has 0 radical (unpaired) electrons. The summed E-state index contributed by atoms with van der Waals surface area (Å²) in [7, 11) is 3.31. The molecule has 2 heterocycles. The number of benzene rings is 1. The fraction of sp³-hybridized carbons (Fsp3) is 0.611. The van der Waals surface area contributed by atoms with Crippen LogP contribution in [0.3, 0.4) is 0 Å². The van der Waals surface area contributed by atoms with E-state index in [1.165, 1.54) is 0 Å². The highest BCUT2D eigenvalue weighted by atomic mass is 35.5. The zero-order valence-electron chi connectivity index (χ0n) is 15.3. The van der Waals surface area contributed by atoms with Crippen LogP contribution in [0.15, 0.2) is 18.2 Å². The number of hydrogen-bond donors (Lipinski definition) is 2. The van der Waals surface area contributed by atoms with Crippen molar-refractivity contribution < 1.29 is 14.3 Å². The molecule has 148 valence electrons. The molecule has 26 heavy (non-hydrogen) atoms. The molecule has 2 fully saturated rings. The number of halogens is 2. The van der Waals surface area contributed by atoms with Gasteiger partial charge in [0.25, 0.3) is 0 Å². The van der Waals surface area contributed by atoms with Crippen molar-refractivity contribution >= 4 is 36.4 Å². The van der Waals surface area contributed by atoms with E-state index in [1.54, 1.807) is 14.2 Å². The zero-order valence-corrected chi connectivity index (χ0v) is 17.0. The highest BCUT2D eigenvalue weighted by Gasteiger charge is 2.28. The number of nitrogens with zero attached hydrogens (tertiary/aromatic N) is 1. The van der Waals surface area contributed by atoms with Gasteiger partial charge in [0.05, 0.1) is 20.1 Å². The standard InChI is InChI=1S/C18H27N3O3.2ClH/c1-23-16-8-15(9-17(10-16)24-2)21-7-5-14(12-21)20-18(22)13-4-3-6-19-11-13;;/h8-10,13-14,19H,3-7,11-12H2,1-2H3,(H,20,22);2*1H. The van der Waals surface area contributed by atoms with Crippen LogP contribution in [-0.4, -0.2) is 52.3 Å². The van der Waals surface area contributed by atoms with Crippen LogP contribution in [0.1, 0.15) is 19.3 Å². The first-order valence-corrected chi connectivity index (χ1v) is 8.68. The highest BCUT2D eigenvalue weighted by molar-refractivity contribution is 5.85. The topological polar surface area (TPSA) is 62.8 Å². The van der Waals surface area contributed by atoms with Crippen LogP contribution in [0.25, 0.3) is 0 Å². The molecule has 2 atom stereocenters. The predicted octanol–water partition coefficient (Wildman–Crippen LogP) is 2.24. The van der Waals surface area contributed by atoms with Gasteiger partial charge < -0.3 is 25.0 Å². The van der Waals surface area contributed by atoms with Crippen molar-refractivity contribution in [3.05, 3.63) is 18.2 Å². The quantitative estimate of drug-likeness (QED) is 0.786. The Morgan fingerprint density at radius 2 is 1.85 bits per heavy atom. The van der Waals surface area contributed by atoms with Crippen molar-refractivity contribution in [2.45, 2.75) is 25.3 Å². The van der Waals surface area contributed by atoms with Gasteiger partial charge in [-0.1, -0.05) is 0 Å². The van der Waals surface area contributed by atoms with Crippen LogP contribution in [-0.2, 0) is 4.79 Å². The molecule has 1 aromatic rings. The summed E-state index contributed by atoms with van der Waals surface area (Å²) in [5.41, 5.74) is 1.07. The van der Waals surface area contributed by atoms with E-state index >= 15 is 0 Å². The van der Waals surface area contributed by atoms with E-state index in [4.69, 9.17) is 9.47 Å². The molecule has 2 N–H and O–H groups in total. The molecule has 2 unspecified atom stereocenters. The minimum atomic E-state index is 0. The first-order chi connectivity index (χ1) is 11.7. The van der Waals surface area contributed by atoms with E-state index < -0.39 is 0 Å². The van der Waals surface area contributed by atoms with Crippen LogP contribution < -0.4 is 25.0 Å². The summed E-state index contributed by atoms with van der Waals surface area (Å²) in [6.07, 6.45) is 3.03. The number of amides is 1. The minimum absolute atomic E-state index is 0. The zero-order chi connectivity index (χ0) is 16.9. The second-order valence-corrected chi connectivity index (χ2v) is 6.55. The average Bonchev–Trinajstić information content (AvgIpc) is 3.10. The smallest absolute Gasteiger partial charge is 0.224 e. The maximum Gasteiger partial charge on any atom is 0.224 e. The van der Waals surface area contributed by atoms with E-state index in [0.717, 1.165) is 62.6 Å². The van der Waals surface area contributed by atoms with Gasteiger partial charge >= 0.3 is 0 Å². The minimum Gasteiger partial charge on any atom is -0.497 e. The molecule has 1 amide bonds. The number of carbonyl (C=O) groups excluding carboxylic acids is 1. The number of rotatable bonds is 5. The third kappa shape index (κ3) is 5.56. The lowest BCUT2D eigenvalue weighted by Crippen LogP contribution is -2.45. The van der Waals surface area contributed by atoms with Gasteiger partial charge in [0.2, 0.25) is 5.91 Å². The normalized spacial score (nSPS) is 22.0. The van der Waals surface area contributed by atoms with Gasteiger partial charge in [-0.25, -0.2) is 0 Å². The van der Waals surface area contributed by atoms with E-state index in [2.05, 4.69) is 15.5 Å². The third-order valence-electron chi connectivity index (χ3n) is 4.90. The molecule has 2 aliphatic rings. The monoisotopic (exact) mass is 405 g/mol. The lowest BCUT2D eigenvalue weighted by Gasteiger charge is -2.24. The van der Waals surface area contributed by atoms with Crippen LogP contribution >= 0.6 is 24.8 Å². The summed E-state index contributed by atoms with van der Waals surface area (Å²) < 4.78 is 10.7. The molecular formula is C18H29Cl2N3O3. The van der Waals surface area contributed by atoms with Crippen molar-refractivity contribution in [2.24, 2.45) is 5.92 Å². The maximum atomic E-state index is 12.4. The van der Waals surface area contributed by atoms with Crippen LogP contribution in [0.4, 0.5) is 5.69 Å². The van der Waals surface area contributed by atoms with E-state index in [0.29, 0.717) is 0 Å². The number of anilines is 1. The fourth-order valence-corrected chi connectivity index (χ4v) is 3.48. The first-order valence-electron chi connectivity index (χ1n) is 8.68. The second-order valence-electron chi connectivity index (χ2n) is 6.55. The summed E-state index contributed by atoms with van der Waals surface area (Å²) in [4.78, 5) is 14.7. The van der Waals surface area contributed by atoms with Crippen molar-refractivity contribution in [3.63, 3.8) is 0 Å². The van der Waals surface area contributed by atoms with Gasteiger partial charge in [-0.2, -0.15) is 0 Å². The maximum absolute atomic E-state index is 12.4. The second kappa shape index (κ2) is 10.7. The Kier molecular flexibility index (Phi) is 9.33. The van der Waals surface area contributed by atoms with Gasteiger partial charge in [0, 0.05) is 49.6 Å².